The van der Waals surface area contributed by atoms with Crippen LogP contribution >= 0.6 is 0 Å². The van der Waals surface area contributed by atoms with Crippen molar-refractivity contribution in [3.8, 4) is 17.2 Å². The first-order valence-corrected chi connectivity index (χ1v) is 8.93. The summed E-state index contributed by atoms with van der Waals surface area (Å²) in [5.41, 5.74) is 3.11. The van der Waals surface area contributed by atoms with E-state index in [0.29, 0.717) is 37.6 Å². The Morgan fingerprint density at radius 1 is 1.07 bits per heavy atom. The van der Waals surface area contributed by atoms with Crippen molar-refractivity contribution in [3.05, 3.63) is 65.5 Å². The number of methoxy groups -OCH3 is 1. The number of para-hydroxylation sites is 1. The molecule has 6 nitrogen and oxygen atoms in total. The van der Waals surface area contributed by atoms with Crippen LogP contribution in [0.15, 0.2) is 52.9 Å². The second-order valence-corrected chi connectivity index (χ2v) is 6.28. The van der Waals surface area contributed by atoms with Crippen molar-refractivity contribution in [1.29, 1.82) is 0 Å². The third-order valence-corrected chi connectivity index (χ3v) is 4.24. The Hall–Kier alpha value is -3.15. The molecule has 140 valence electrons. The Kier molecular flexibility index (Phi) is 6.20. The van der Waals surface area contributed by atoms with Gasteiger partial charge in [0.15, 0.2) is 0 Å². The summed E-state index contributed by atoms with van der Waals surface area (Å²) in [6.07, 6.45) is 1.44. The van der Waals surface area contributed by atoms with Crippen molar-refractivity contribution in [3.63, 3.8) is 0 Å². The summed E-state index contributed by atoms with van der Waals surface area (Å²) in [6, 6.07) is 15.7. The molecule has 3 rings (SSSR count). The van der Waals surface area contributed by atoms with E-state index in [-0.39, 0.29) is 5.91 Å². The molecular formula is C21H23N3O3. The molecule has 0 aliphatic carbocycles. The van der Waals surface area contributed by atoms with Crippen LogP contribution in [0, 0.1) is 6.92 Å². The summed E-state index contributed by atoms with van der Waals surface area (Å²) in [5, 5.41) is 11.0. The van der Waals surface area contributed by atoms with Gasteiger partial charge in [-0.2, -0.15) is 0 Å². The third-order valence-electron chi connectivity index (χ3n) is 4.24. The highest BCUT2D eigenvalue weighted by molar-refractivity contribution is 5.76. The fourth-order valence-electron chi connectivity index (χ4n) is 2.72. The van der Waals surface area contributed by atoms with Crippen molar-refractivity contribution in [1.82, 2.24) is 15.5 Å². The highest BCUT2D eigenvalue weighted by Crippen LogP contribution is 2.19. The average Bonchev–Trinajstić information content (AvgIpc) is 3.16. The summed E-state index contributed by atoms with van der Waals surface area (Å²) in [6.45, 7) is 2.58. The van der Waals surface area contributed by atoms with Crippen LogP contribution in [0.3, 0.4) is 0 Å². The Morgan fingerprint density at radius 2 is 1.85 bits per heavy atom. The molecule has 0 atom stereocenters. The molecule has 6 heteroatoms. The van der Waals surface area contributed by atoms with E-state index in [4.69, 9.17) is 9.15 Å². The number of rotatable bonds is 8. The second-order valence-electron chi connectivity index (χ2n) is 6.28. The van der Waals surface area contributed by atoms with Crippen LogP contribution in [-0.4, -0.2) is 29.8 Å². The van der Waals surface area contributed by atoms with E-state index >= 15 is 0 Å². The fraction of sp³-hybridized carbons (Fsp3) is 0.286. The monoisotopic (exact) mass is 365 g/mol. The van der Waals surface area contributed by atoms with Gasteiger partial charge in [0, 0.05) is 24.9 Å². The van der Waals surface area contributed by atoms with Gasteiger partial charge >= 0.3 is 0 Å². The number of ether oxygens (including phenoxy) is 1. The standard InChI is InChI=1S/C21H23N3O3/c1-15-7-9-17(10-8-15)21-24-23-20(27-21)12-11-19(25)22-14-13-16-5-3-4-6-18(16)26-2/h3-10H,11-14H2,1-2H3,(H,22,25). The van der Waals surface area contributed by atoms with Crippen LogP contribution in [0.1, 0.15) is 23.4 Å². The molecule has 2 aromatic carbocycles. The van der Waals surface area contributed by atoms with Gasteiger partial charge < -0.3 is 14.5 Å². The summed E-state index contributed by atoms with van der Waals surface area (Å²) >= 11 is 0. The number of hydrogen-bond donors (Lipinski definition) is 1. The lowest BCUT2D eigenvalue weighted by atomic mass is 10.1. The second kappa shape index (κ2) is 8.98. The average molecular weight is 365 g/mol. The van der Waals surface area contributed by atoms with Crippen molar-refractivity contribution in [2.45, 2.75) is 26.2 Å². The number of aryl methyl sites for hydroxylation is 2. The number of hydrogen-bond acceptors (Lipinski definition) is 5. The molecular weight excluding hydrogens is 342 g/mol. The molecule has 0 saturated carbocycles. The quantitative estimate of drug-likeness (QED) is 0.662. The van der Waals surface area contributed by atoms with Crippen molar-refractivity contribution >= 4 is 5.91 Å². The summed E-state index contributed by atoms with van der Waals surface area (Å²) in [7, 11) is 1.65. The van der Waals surface area contributed by atoms with Gasteiger partial charge in [-0.05, 0) is 37.1 Å². The maximum Gasteiger partial charge on any atom is 0.247 e. The highest BCUT2D eigenvalue weighted by Gasteiger charge is 2.10. The van der Waals surface area contributed by atoms with Crippen molar-refractivity contribution in [2.75, 3.05) is 13.7 Å². The Bertz CT molecular complexity index is 888. The van der Waals surface area contributed by atoms with Gasteiger partial charge in [-0.1, -0.05) is 35.9 Å². The Morgan fingerprint density at radius 3 is 2.63 bits per heavy atom. The molecule has 1 N–H and O–H groups in total. The lowest BCUT2D eigenvalue weighted by Gasteiger charge is -2.08. The van der Waals surface area contributed by atoms with Gasteiger partial charge in [0.25, 0.3) is 0 Å². The van der Waals surface area contributed by atoms with Crippen LogP contribution in [0.25, 0.3) is 11.5 Å². The Balaban J connectivity index is 1.45. The molecule has 0 bridgehead atoms. The molecule has 1 aromatic heterocycles. The molecule has 1 heterocycles. The van der Waals surface area contributed by atoms with Gasteiger partial charge in [-0.15, -0.1) is 10.2 Å². The number of benzene rings is 2. The fourth-order valence-corrected chi connectivity index (χ4v) is 2.72. The SMILES string of the molecule is COc1ccccc1CCNC(=O)CCc1nnc(-c2ccc(C)cc2)o1. The number of aromatic nitrogens is 2. The number of carbonyl (C=O) groups is 1. The molecule has 0 aliphatic rings. The summed E-state index contributed by atoms with van der Waals surface area (Å²) in [4.78, 5) is 12.0. The first kappa shape index (κ1) is 18.6. The van der Waals surface area contributed by atoms with Crippen LogP contribution in [0.2, 0.25) is 0 Å². The van der Waals surface area contributed by atoms with Crippen LogP contribution in [-0.2, 0) is 17.6 Å². The lowest BCUT2D eigenvalue weighted by molar-refractivity contribution is -0.121. The maximum atomic E-state index is 12.0. The predicted octanol–water partition coefficient (Wildman–Crippen LogP) is 3.35. The first-order valence-electron chi connectivity index (χ1n) is 8.93. The zero-order chi connectivity index (χ0) is 19.1. The van der Waals surface area contributed by atoms with Crippen LogP contribution in [0.4, 0.5) is 0 Å². The number of nitrogens with zero attached hydrogens (tertiary/aromatic N) is 2. The predicted molar refractivity (Wildman–Crippen MR) is 102 cm³/mol. The van der Waals surface area contributed by atoms with E-state index in [1.807, 2.05) is 55.5 Å². The topological polar surface area (TPSA) is 77.2 Å². The van der Waals surface area contributed by atoms with Gasteiger partial charge in [-0.25, -0.2) is 0 Å². The smallest absolute Gasteiger partial charge is 0.247 e. The molecule has 0 saturated heterocycles. The van der Waals surface area contributed by atoms with Crippen molar-refractivity contribution < 1.29 is 13.9 Å². The number of nitrogens with one attached hydrogen (secondary N) is 1. The molecule has 27 heavy (non-hydrogen) atoms. The molecule has 0 radical (unpaired) electrons. The normalized spacial score (nSPS) is 10.6. The van der Waals surface area contributed by atoms with E-state index in [1.165, 1.54) is 5.56 Å². The minimum absolute atomic E-state index is 0.0417. The van der Waals surface area contributed by atoms with Crippen molar-refractivity contribution in [2.24, 2.45) is 0 Å². The maximum absolute atomic E-state index is 12.0. The van der Waals surface area contributed by atoms with Crippen LogP contribution < -0.4 is 10.1 Å². The van der Waals surface area contributed by atoms with Gasteiger partial charge in [0.05, 0.1) is 7.11 Å². The van der Waals surface area contributed by atoms with Gasteiger partial charge in [0.1, 0.15) is 5.75 Å². The van der Waals surface area contributed by atoms with E-state index in [0.717, 1.165) is 16.9 Å². The largest absolute Gasteiger partial charge is 0.496 e. The van der Waals surface area contributed by atoms with E-state index < -0.39 is 0 Å². The molecule has 0 spiro atoms. The van der Waals surface area contributed by atoms with Gasteiger partial charge in [0.2, 0.25) is 17.7 Å². The van der Waals surface area contributed by atoms with E-state index in [2.05, 4.69) is 15.5 Å². The lowest BCUT2D eigenvalue weighted by Crippen LogP contribution is -2.26. The Labute approximate surface area is 158 Å². The number of carbonyl (C=O) groups excluding carboxylic acids is 1. The highest BCUT2D eigenvalue weighted by atomic mass is 16.5. The van der Waals surface area contributed by atoms with Crippen LogP contribution in [0.5, 0.6) is 5.75 Å². The van der Waals surface area contributed by atoms with E-state index in [1.54, 1.807) is 7.11 Å². The molecule has 1 amide bonds. The minimum atomic E-state index is -0.0417. The zero-order valence-corrected chi connectivity index (χ0v) is 15.6. The first-order chi connectivity index (χ1) is 13.2. The minimum Gasteiger partial charge on any atom is -0.496 e. The summed E-state index contributed by atoms with van der Waals surface area (Å²) < 4.78 is 11.0. The molecule has 0 unspecified atom stereocenters. The summed E-state index contributed by atoms with van der Waals surface area (Å²) in [5.74, 6) is 1.73. The number of amides is 1. The zero-order valence-electron chi connectivity index (χ0n) is 15.6. The molecule has 0 fully saturated rings. The molecule has 3 aromatic rings. The molecule has 0 aliphatic heterocycles. The third kappa shape index (κ3) is 5.17. The van der Waals surface area contributed by atoms with E-state index in [9.17, 15) is 4.79 Å². The van der Waals surface area contributed by atoms with Gasteiger partial charge in [-0.3, -0.25) is 4.79 Å².